The smallest absolute Gasteiger partial charge is 0.322 e. The van der Waals surface area contributed by atoms with Crippen molar-refractivity contribution in [1.29, 1.82) is 0 Å². The third-order valence-corrected chi connectivity index (χ3v) is 7.08. The number of para-hydroxylation sites is 1. The number of hydrogen-bond donors (Lipinski definition) is 1. The van der Waals surface area contributed by atoms with Gasteiger partial charge in [0.05, 0.1) is 6.54 Å². The molecule has 0 aliphatic heterocycles. The van der Waals surface area contributed by atoms with Crippen molar-refractivity contribution in [2.45, 2.75) is 65.1 Å². The number of nitrogens with one attached hydrogen (secondary N) is 1. The molecule has 2 aromatic carbocycles. The lowest BCUT2D eigenvalue weighted by molar-refractivity contribution is -0.135. The van der Waals surface area contributed by atoms with Crippen LogP contribution in [0.3, 0.4) is 0 Å². The van der Waals surface area contributed by atoms with E-state index in [1.165, 1.54) is 18.6 Å². The molecule has 7 heteroatoms. The molecule has 1 heterocycles. The van der Waals surface area contributed by atoms with E-state index in [1.54, 1.807) is 17.0 Å². The maximum atomic E-state index is 13.9. The Labute approximate surface area is 225 Å². The summed E-state index contributed by atoms with van der Waals surface area (Å²) in [6.45, 7) is 5.71. The molecule has 1 fully saturated rings. The molecule has 6 nitrogen and oxygen atoms in total. The van der Waals surface area contributed by atoms with Gasteiger partial charge in [-0.3, -0.25) is 4.79 Å². The Kier molecular flexibility index (Phi) is 9.57. The van der Waals surface area contributed by atoms with Gasteiger partial charge < -0.3 is 19.7 Å². The Balaban J connectivity index is 1.51. The minimum atomic E-state index is -0.262. The average Bonchev–Trinajstić information content (AvgIpc) is 3.35. The van der Waals surface area contributed by atoms with E-state index in [-0.39, 0.29) is 36.3 Å². The highest BCUT2D eigenvalue weighted by atomic mass is 19.1. The van der Waals surface area contributed by atoms with Crippen LogP contribution in [-0.2, 0) is 17.9 Å². The van der Waals surface area contributed by atoms with E-state index in [0.29, 0.717) is 25.3 Å². The molecule has 0 atom stereocenters. The molecule has 4 rings (SSSR count). The molecule has 202 valence electrons. The molecule has 3 aromatic rings. The van der Waals surface area contributed by atoms with Crippen molar-refractivity contribution in [2.75, 3.05) is 18.4 Å². The van der Waals surface area contributed by atoms with Crippen LogP contribution in [0, 0.1) is 11.7 Å². The molecule has 0 unspecified atom stereocenters. The molecule has 0 bridgehead atoms. The molecule has 1 N–H and O–H groups in total. The van der Waals surface area contributed by atoms with E-state index in [4.69, 9.17) is 0 Å². The summed E-state index contributed by atoms with van der Waals surface area (Å²) in [6.07, 6.45) is 7.36. The molecule has 1 aliphatic carbocycles. The van der Waals surface area contributed by atoms with Crippen molar-refractivity contribution in [3.63, 3.8) is 0 Å². The number of benzene rings is 2. The van der Waals surface area contributed by atoms with Gasteiger partial charge in [0.25, 0.3) is 0 Å². The number of amides is 3. The molecule has 1 saturated carbocycles. The largest absolute Gasteiger partial charge is 0.345 e. The maximum absolute atomic E-state index is 13.9. The quantitative estimate of drug-likeness (QED) is 0.332. The second kappa shape index (κ2) is 13.3. The van der Waals surface area contributed by atoms with Crippen molar-refractivity contribution < 1.29 is 14.0 Å². The van der Waals surface area contributed by atoms with Crippen molar-refractivity contribution in [1.82, 2.24) is 14.4 Å². The van der Waals surface area contributed by atoms with Crippen LogP contribution in [-0.4, -0.2) is 45.4 Å². The van der Waals surface area contributed by atoms with Gasteiger partial charge in [-0.2, -0.15) is 0 Å². The van der Waals surface area contributed by atoms with Gasteiger partial charge in [0.2, 0.25) is 5.91 Å². The second-order valence-electron chi connectivity index (χ2n) is 10.6. The van der Waals surface area contributed by atoms with Crippen molar-refractivity contribution in [2.24, 2.45) is 5.92 Å². The van der Waals surface area contributed by atoms with Crippen LogP contribution in [0.5, 0.6) is 0 Å². The number of urea groups is 1. The zero-order valence-electron chi connectivity index (χ0n) is 22.5. The van der Waals surface area contributed by atoms with E-state index in [1.807, 2.05) is 53.6 Å². The van der Waals surface area contributed by atoms with E-state index in [9.17, 15) is 14.0 Å². The Morgan fingerprint density at radius 3 is 2.37 bits per heavy atom. The van der Waals surface area contributed by atoms with Crippen LogP contribution >= 0.6 is 0 Å². The van der Waals surface area contributed by atoms with Gasteiger partial charge in [-0.15, -0.1) is 0 Å². The summed E-state index contributed by atoms with van der Waals surface area (Å²) < 4.78 is 15.5. The SMILES string of the molecule is CC(C)CN(CC(=O)N(Cc1cccn1Cc1ccc(F)cc1)C1CCCCC1)C(=O)Nc1ccccc1. The van der Waals surface area contributed by atoms with Gasteiger partial charge in [0, 0.05) is 36.7 Å². The first-order chi connectivity index (χ1) is 18.4. The highest BCUT2D eigenvalue weighted by Gasteiger charge is 2.29. The number of hydrogen-bond acceptors (Lipinski definition) is 2. The first-order valence-corrected chi connectivity index (χ1v) is 13.7. The van der Waals surface area contributed by atoms with E-state index < -0.39 is 0 Å². The number of carbonyl (C=O) groups excluding carboxylic acids is 2. The van der Waals surface area contributed by atoms with Gasteiger partial charge in [-0.1, -0.05) is 63.4 Å². The lowest BCUT2D eigenvalue weighted by atomic mass is 9.94. The van der Waals surface area contributed by atoms with Crippen molar-refractivity contribution in [3.8, 4) is 0 Å². The van der Waals surface area contributed by atoms with Crippen molar-refractivity contribution in [3.05, 3.63) is 90.0 Å². The number of carbonyl (C=O) groups is 2. The van der Waals surface area contributed by atoms with E-state index in [0.717, 1.165) is 36.9 Å². The van der Waals surface area contributed by atoms with Crippen LogP contribution < -0.4 is 5.32 Å². The number of halogens is 1. The predicted octanol–water partition coefficient (Wildman–Crippen LogP) is 6.53. The Bertz CT molecular complexity index is 1170. The summed E-state index contributed by atoms with van der Waals surface area (Å²) in [5, 5.41) is 2.94. The molecule has 1 aliphatic rings. The maximum Gasteiger partial charge on any atom is 0.322 e. The Morgan fingerprint density at radius 1 is 0.974 bits per heavy atom. The van der Waals surface area contributed by atoms with Crippen LogP contribution in [0.25, 0.3) is 0 Å². The number of aromatic nitrogens is 1. The first-order valence-electron chi connectivity index (χ1n) is 13.7. The van der Waals surface area contributed by atoms with E-state index in [2.05, 4.69) is 23.7 Å². The standard InChI is InChI=1S/C31H39FN4O2/c1-24(2)20-35(31(38)33-27-10-5-3-6-11-27)23-30(37)36(28-12-7-4-8-13-28)22-29-14-9-19-34(29)21-25-15-17-26(32)18-16-25/h3,5-6,9-11,14-19,24,28H,4,7-8,12-13,20-23H2,1-2H3,(H,33,38). The lowest BCUT2D eigenvalue weighted by Crippen LogP contribution is -2.49. The Morgan fingerprint density at radius 2 is 1.68 bits per heavy atom. The molecular weight excluding hydrogens is 479 g/mol. The summed E-state index contributed by atoms with van der Waals surface area (Å²) in [7, 11) is 0. The molecule has 0 spiro atoms. The summed E-state index contributed by atoms with van der Waals surface area (Å²) >= 11 is 0. The topological polar surface area (TPSA) is 57.6 Å². The number of rotatable bonds is 10. The third kappa shape index (κ3) is 7.70. The average molecular weight is 519 g/mol. The molecule has 3 amide bonds. The normalized spacial score (nSPS) is 13.9. The fraction of sp³-hybridized carbons (Fsp3) is 0.419. The minimum Gasteiger partial charge on any atom is -0.345 e. The zero-order valence-corrected chi connectivity index (χ0v) is 22.5. The summed E-state index contributed by atoms with van der Waals surface area (Å²) in [5.41, 5.74) is 2.74. The molecule has 38 heavy (non-hydrogen) atoms. The van der Waals surface area contributed by atoms with Gasteiger partial charge in [-0.25, -0.2) is 9.18 Å². The summed E-state index contributed by atoms with van der Waals surface area (Å²) in [5.74, 6) is -0.0616. The predicted molar refractivity (Wildman–Crippen MR) is 149 cm³/mol. The van der Waals surface area contributed by atoms with Gasteiger partial charge in [0.15, 0.2) is 0 Å². The van der Waals surface area contributed by atoms with Crippen LogP contribution in [0.1, 0.15) is 57.2 Å². The monoisotopic (exact) mass is 518 g/mol. The highest BCUT2D eigenvalue weighted by molar-refractivity contribution is 5.92. The van der Waals surface area contributed by atoms with Crippen LogP contribution in [0.15, 0.2) is 72.9 Å². The zero-order chi connectivity index (χ0) is 26.9. The molecule has 0 radical (unpaired) electrons. The summed E-state index contributed by atoms with van der Waals surface area (Å²) in [6, 6.07) is 19.8. The first kappa shape index (κ1) is 27.4. The number of anilines is 1. The van der Waals surface area contributed by atoms with Gasteiger partial charge >= 0.3 is 6.03 Å². The van der Waals surface area contributed by atoms with Gasteiger partial charge in [0.1, 0.15) is 12.4 Å². The van der Waals surface area contributed by atoms with E-state index >= 15 is 0 Å². The fourth-order valence-corrected chi connectivity index (χ4v) is 5.16. The fourth-order valence-electron chi connectivity index (χ4n) is 5.16. The number of nitrogens with zero attached hydrogens (tertiary/aromatic N) is 3. The van der Waals surface area contributed by atoms with Crippen LogP contribution in [0.2, 0.25) is 0 Å². The Hall–Kier alpha value is -3.61. The highest BCUT2D eigenvalue weighted by Crippen LogP contribution is 2.25. The van der Waals surface area contributed by atoms with Gasteiger partial charge in [-0.05, 0) is 60.7 Å². The minimum absolute atomic E-state index is 0.0321. The molecular formula is C31H39FN4O2. The molecule has 1 aromatic heterocycles. The summed E-state index contributed by atoms with van der Waals surface area (Å²) in [4.78, 5) is 30.7. The second-order valence-corrected chi connectivity index (χ2v) is 10.6. The third-order valence-electron chi connectivity index (χ3n) is 7.08. The molecule has 0 saturated heterocycles. The lowest BCUT2D eigenvalue weighted by Gasteiger charge is -2.36. The van der Waals surface area contributed by atoms with Crippen LogP contribution in [0.4, 0.5) is 14.9 Å². The van der Waals surface area contributed by atoms with Crippen molar-refractivity contribution >= 4 is 17.6 Å².